The lowest BCUT2D eigenvalue weighted by Gasteiger charge is -2.29. The first-order valence-corrected chi connectivity index (χ1v) is 6.37. The van der Waals surface area contributed by atoms with Crippen LogP contribution in [-0.2, 0) is 22.4 Å². The number of nitrogens with one attached hydrogen (secondary N) is 1. The van der Waals surface area contributed by atoms with Gasteiger partial charge in [-0.25, -0.2) is 4.98 Å². The fourth-order valence-corrected chi connectivity index (χ4v) is 2.08. The molecule has 0 saturated carbocycles. The second kappa shape index (κ2) is 6.79. The van der Waals surface area contributed by atoms with Gasteiger partial charge in [-0.1, -0.05) is 6.92 Å². The van der Waals surface area contributed by atoms with E-state index in [1.165, 1.54) is 0 Å². The van der Waals surface area contributed by atoms with E-state index >= 15 is 0 Å². The maximum Gasteiger partial charge on any atom is 0.138 e. The second-order valence-corrected chi connectivity index (χ2v) is 4.36. The van der Waals surface area contributed by atoms with Gasteiger partial charge < -0.3 is 9.47 Å². The van der Waals surface area contributed by atoms with Crippen molar-refractivity contribution in [2.24, 2.45) is 5.84 Å². The first-order valence-electron chi connectivity index (χ1n) is 6.37. The predicted molar refractivity (Wildman–Crippen MR) is 65.7 cm³/mol. The lowest BCUT2D eigenvalue weighted by Crippen LogP contribution is -2.50. The lowest BCUT2D eigenvalue weighted by molar-refractivity contribution is -0.101. The van der Waals surface area contributed by atoms with E-state index in [1.54, 1.807) is 6.33 Å². The Bertz CT molecular complexity index is 351. The van der Waals surface area contributed by atoms with Gasteiger partial charge in [0.1, 0.15) is 12.2 Å². The van der Waals surface area contributed by atoms with Crippen LogP contribution in [0.3, 0.4) is 0 Å². The zero-order chi connectivity index (χ0) is 12.8. The van der Waals surface area contributed by atoms with Crippen LogP contribution in [0.5, 0.6) is 0 Å². The third-order valence-corrected chi connectivity index (χ3v) is 3.04. The van der Waals surface area contributed by atoms with Gasteiger partial charge in [0.2, 0.25) is 0 Å². The number of nitrogens with zero attached hydrogens (tertiary/aromatic N) is 3. The second-order valence-electron chi connectivity index (χ2n) is 4.36. The number of hydrogen-bond donors (Lipinski definition) is 2. The van der Waals surface area contributed by atoms with Gasteiger partial charge in [0.15, 0.2) is 0 Å². The third-order valence-electron chi connectivity index (χ3n) is 3.04. The van der Waals surface area contributed by atoms with E-state index in [0.717, 1.165) is 18.8 Å². The summed E-state index contributed by atoms with van der Waals surface area (Å²) >= 11 is 0. The van der Waals surface area contributed by atoms with Crippen molar-refractivity contribution in [2.45, 2.75) is 38.5 Å². The smallest absolute Gasteiger partial charge is 0.138 e. The number of aryl methyl sites for hydroxylation is 1. The minimum absolute atomic E-state index is 0.00916. The van der Waals surface area contributed by atoms with Gasteiger partial charge >= 0.3 is 0 Å². The van der Waals surface area contributed by atoms with Crippen LogP contribution in [0.4, 0.5) is 0 Å². The number of hydrazine groups is 1. The molecule has 7 heteroatoms. The van der Waals surface area contributed by atoms with Crippen LogP contribution in [0.25, 0.3) is 0 Å². The normalized spacial score (nSPS) is 22.0. The van der Waals surface area contributed by atoms with Crippen molar-refractivity contribution in [3.8, 4) is 0 Å². The van der Waals surface area contributed by atoms with Gasteiger partial charge in [0, 0.05) is 13.0 Å². The fraction of sp³-hybridized carbons (Fsp3) is 0.818. The highest BCUT2D eigenvalue weighted by Gasteiger charge is 2.26. The number of nitrogens with two attached hydrogens (primary N) is 1. The summed E-state index contributed by atoms with van der Waals surface area (Å²) in [6.45, 7) is 4.82. The van der Waals surface area contributed by atoms with Gasteiger partial charge in [0.05, 0.1) is 32.0 Å². The maximum atomic E-state index is 5.65. The van der Waals surface area contributed by atoms with Crippen LogP contribution in [0.2, 0.25) is 0 Å². The molecule has 2 rings (SSSR count). The average Bonchev–Trinajstić information content (AvgIpc) is 2.85. The molecule has 0 bridgehead atoms. The van der Waals surface area contributed by atoms with Crippen LogP contribution in [0.15, 0.2) is 6.33 Å². The summed E-state index contributed by atoms with van der Waals surface area (Å²) in [6.07, 6.45) is 3.26. The van der Waals surface area contributed by atoms with E-state index in [-0.39, 0.29) is 12.1 Å². The maximum absolute atomic E-state index is 5.65. The van der Waals surface area contributed by atoms with E-state index in [9.17, 15) is 0 Å². The van der Waals surface area contributed by atoms with Crippen molar-refractivity contribution in [1.29, 1.82) is 0 Å². The molecular formula is C11H21N5O2. The zero-order valence-corrected chi connectivity index (χ0v) is 10.7. The average molecular weight is 255 g/mol. The van der Waals surface area contributed by atoms with Crippen molar-refractivity contribution in [2.75, 3.05) is 19.8 Å². The molecule has 0 spiro atoms. The molecule has 2 atom stereocenters. The Morgan fingerprint density at radius 3 is 3.17 bits per heavy atom. The number of hydrogen-bond acceptors (Lipinski definition) is 6. The Morgan fingerprint density at radius 2 is 2.50 bits per heavy atom. The topological polar surface area (TPSA) is 87.2 Å². The van der Waals surface area contributed by atoms with Crippen molar-refractivity contribution in [1.82, 2.24) is 20.2 Å². The Morgan fingerprint density at radius 1 is 1.61 bits per heavy atom. The molecule has 1 aliphatic heterocycles. The molecule has 18 heavy (non-hydrogen) atoms. The van der Waals surface area contributed by atoms with Crippen LogP contribution < -0.4 is 11.3 Å². The van der Waals surface area contributed by atoms with E-state index < -0.39 is 0 Å². The first kappa shape index (κ1) is 13.4. The van der Waals surface area contributed by atoms with Gasteiger partial charge in [-0.15, -0.1) is 0 Å². The predicted octanol–water partition coefficient (Wildman–Crippen LogP) is -0.522. The standard InChI is InChI=1S/C11H21N5O2/c1-2-3-16-11(13-8-14-16)6-9(15-12)10-7-17-4-5-18-10/h8-10,15H,2-7,12H2,1H3. The van der Waals surface area contributed by atoms with E-state index in [0.29, 0.717) is 26.2 Å². The van der Waals surface area contributed by atoms with E-state index in [1.807, 2.05) is 4.68 Å². The Kier molecular flexibility index (Phi) is 5.06. The lowest BCUT2D eigenvalue weighted by atomic mass is 10.1. The molecule has 0 aromatic carbocycles. The van der Waals surface area contributed by atoms with Gasteiger partial charge in [-0.05, 0) is 6.42 Å². The molecule has 0 radical (unpaired) electrons. The minimum atomic E-state index is -0.0319. The van der Waals surface area contributed by atoms with Crippen molar-refractivity contribution < 1.29 is 9.47 Å². The number of ether oxygens (including phenoxy) is 2. The summed E-state index contributed by atoms with van der Waals surface area (Å²) in [4.78, 5) is 4.28. The van der Waals surface area contributed by atoms with Gasteiger partial charge in [-0.2, -0.15) is 5.10 Å². The molecule has 1 fully saturated rings. The highest BCUT2D eigenvalue weighted by atomic mass is 16.6. The molecule has 0 amide bonds. The molecular weight excluding hydrogens is 234 g/mol. The summed E-state index contributed by atoms with van der Waals surface area (Å²) in [6, 6.07) is -0.00916. The van der Waals surface area contributed by atoms with Crippen LogP contribution in [0.1, 0.15) is 19.2 Å². The molecule has 3 N–H and O–H groups in total. The third kappa shape index (κ3) is 3.26. The molecule has 102 valence electrons. The quantitative estimate of drug-likeness (QED) is 0.525. The van der Waals surface area contributed by atoms with Gasteiger partial charge in [0.25, 0.3) is 0 Å². The number of rotatable bonds is 6. The summed E-state index contributed by atoms with van der Waals surface area (Å²) in [7, 11) is 0. The van der Waals surface area contributed by atoms with Crippen molar-refractivity contribution >= 4 is 0 Å². The molecule has 2 unspecified atom stereocenters. The minimum Gasteiger partial charge on any atom is -0.376 e. The summed E-state index contributed by atoms with van der Waals surface area (Å²) in [5.41, 5.74) is 2.79. The Labute approximate surface area is 107 Å². The fourth-order valence-electron chi connectivity index (χ4n) is 2.08. The molecule has 1 aliphatic rings. The SMILES string of the molecule is CCCn1ncnc1CC(NN)C1COCCO1. The van der Waals surface area contributed by atoms with Gasteiger partial charge in [-0.3, -0.25) is 16.0 Å². The zero-order valence-electron chi connectivity index (χ0n) is 10.7. The van der Waals surface area contributed by atoms with Crippen LogP contribution >= 0.6 is 0 Å². The highest BCUT2D eigenvalue weighted by molar-refractivity contribution is 4.92. The van der Waals surface area contributed by atoms with Crippen molar-refractivity contribution in [3.05, 3.63) is 12.2 Å². The largest absolute Gasteiger partial charge is 0.376 e. The van der Waals surface area contributed by atoms with Crippen LogP contribution in [-0.4, -0.2) is 46.7 Å². The Balaban J connectivity index is 1.98. The molecule has 1 saturated heterocycles. The van der Waals surface area contributed by atoms with E-state index in [4.69, 9.17) is 15.3 Å². The molecule has 1 aromatic rings. The Hall–Kier alpha value is -1.02. The summed E-state index contributed by atoms with van der Waals surface area (Å²) in [5.74, 6) is 6.53. The highest BCUT2D eigenvalue weighted by Crippen LogP contribution is 2.10. The monoisotopic (exact) mass is 255 g/mol. The molecule has 0 aliphatic carbocycles. The van der Waals surface area contributed by atoms with Crippen molar-refractivity contribution in [3.63, 3.8) is 0 Å². The molecule has 7 nitrogen and oxygen atoms in total. The molecule has 2 heterocycles. The number of aromatic nitrogens is 3. The summed E-state index contributed by atoms with van der Waals surface area (Å²) < 4.78 is 13.0. The van der Waals surface area contributed by atoms with E-state index in [2.05, 4.69) is 22.4 Å². The first-order chi connectivity index (χ1) is 8.85. The summed E-state index contributed by atoms with van der Waals surface area (Å²) in [5, 5.41) is 4.20. The molecule has 1 aromatic heterocycles. The van der Waals surface area contributed by atoms with Crippen LogP contribution in [0, 0.1) is 0 Å².